The number of benzene rings is 2. The van der Waals surface area contributed by atoms with Crippen LogP contribution in [0.3, 0.4) is 0 Å². The molecule has 0 spiro atoms. The smallest absolute Gasteiger partial charge is 0.311 e. The van der Waals surface area contributed by atoms with E-state index in [1.807, 2.05) is 49.3 Å². The van der Waals surface area contributed by atoms with Crippen molar-refractivity contribution in [3.63, 3.8) is 0 Å². The molecule has 1 heterocycles. The average Bonchev–Trinajstić information content (AvgIpc) is 3.02. The van der Waals surface area contributed by atoms with Gasteiger partial charge in [0.1, 0.15) is 5.01 Å². The Morgan fingerprint density at radius 1 is 1.24 bits per heavy atom. The van der Waals surface area contributed by atoms with E-state index in [0.29, 0.717) is 12.4 Å². The Kier molecular flexibility index (Phi) is 5.25. The first-order chi connectivity index (χ1) is 12.0. The molecule has 0 aliphatic carbocycles. The summed E-state index contributed by atoms with van der Waals surface area (Å²) >= 11 is 1.52. The molecular weight excluding hydrogens is 338 g/mol. The first-order valence-corrected chi connectivity index (χ1v) is 8.78. The largest absolute Gasteiger partial charge is 0.487 e. The molecule has 0 unspecified atom stereocenters. The molecule has 1 aromatic heterocycles. The first kappa shape index (κ1) is 17.3. The number of nitro benzene ring substituents is 1. The van der Waals surface area contributed by atoms with E-state index in [1.54, 1.807) is 12.1 Å². The Labute approximate surface area is 149 Å². The van der Waals surface area contributed by atoms with Gasteiger partial charge in [0, 0.05) is 18.2 Å². The van der Waals surface area contributed by atoms with Crippen molar-refractivity contribution in [2.75, 3.05) is 27.2 Å². The second kappa shape index (κ2) is 7.58. The summed E-state index contributed by atoms with van der Waals surface area (Å²) in [4.78, 5) is 17.6. The molecule has 7 heteroatoms. The van der Waals surface area contributed by atoms with Gasteiger partial charge in [-0.15, -0.1) is 11.3 Å². The predicted octanol–water partition coefficient (Wildman–Crippen LogP) is 4.20. The third-order valence-electron chi connectivity index (χ3n) is 3.70. The molecule has 0 saturated carbocycles. The maximum atomic E-state index is 11.4. The lowest BCUT2D eigenvalue weighted by Crippen LogP contribution is -2.15. The van der Waals surface area contributed by atoms with Gasteiger partial charge >= 0.3 is 5.69 Å². The minimum absolute atomic E-state index is 0.0263. The third kappa shape index (κ3) is 4.12. The van der Waals surface area contributed by atoms with Crippen LogP contribution in [-0.2, 0) is 0 Å². The van der Waals surface area contributed by atoms with E-state index < -0.39 is 4.92 Å². The standard InChI is InChI=1S/C18H19N3O3S/c1-20(2)10-5-11-24-16-9-8-13(12-15(16)21(22)23)18-19-14-6-3-4-7-17(14)25-18/h3-4,6-9,12H,5,10-11H2,1-2H3. The molecule has 25 heavy (non-hydrogen) atoms. The van der Waals surface area contributed by atoms with Gasteiger partial charge in [0.25, 0.3) is 0 Å². The first-order valence-electron chi connectivity index (χ1n) is 7.96. The number of ether oxygens (including phenoxy) is 1. The Bertz CT molecular complexity index is 859. The van der Waals surface area contributed by atoms with Gasteiger partial charge in [-0.05, 0) is 44.8 Å². The van der Waals surface area contributed by atoms with Crippen molar-refractivity contribution < 1.29 is 9.66 Å². The number of rotatable bonds is 7. The molecular formula is C18H19N3O3S. The molecule has 0 atom stereocenters. The molecule has 6 nitrogen and oxygen atoms in total. The van der Waals surface area contributed by atoms with Gasteiger partial charge < -0.3 is 9.64 Å². The summed E-state index contributed by atoms with van der Waals surface area (Å²) in [6, 6.07) is 12.8. The van der Waals surface area contributed by atoms with Crippen LogP contribution >= 0.6 is 11.3 Å². The van der Waals surface area contributed by atoms with Crippen LogP contribution in [0.1, 0.15) is 6.42 Å². The van der Waals surface area contributed by atoms with Crippen molar-refractivity contribution in [1.29, 1.82) is 0 Å². The SMILES string of the molecule is CN(C)CCCOc1ccc(-c2nc3ccccc3s2)cc1[N+](=O)[O-]. The summed E-state index contributed by atoms with van der Waals surface area (Å²) in [7, 11) is 3.96. The maximum absolute atomic E-state index is 11.4. The zero-order valence-corrected chi connectivity index (χ0v) is 15.0. The fourth-order valence-electron chi connectivity index (χ4n) is 2.47. The van der Waals surface area contributed by atoms with E-state index in [0.717, 1.165) is 33.8 Å². The van der Waals surface area contributed by atoms with Gasteiger partial charge in [-0.25, -0.2) is 4.98 Å². The minimum Gasteiger partial charge on any atom is -0.487 e. The fraction of sp³-hybridized carbons (Fsp3) is 0.278. The summed E-state index contributed by atoms with van der Waals surface area (Å²) in [5, 5.41) is 12.2. The van der Waals surface area contributed by atoms with Gasteiger partial charge in [0.15, 0.2) is 5.75 Å². The molecule has 130 valence electrons. The van der Waals surface area contributed by atoms with Crippen molar-refractivity contribution in [2.45, 2.75) is 6.42 Å². The summed E-state index contributed by atoms with van der Waals surface area (Å²) in [5.74, 6) is 0.300. The van der Waals surface area contributed by atoms with E-state index in [2.05, 4.69) is 4.98 Å². The maximum Gasteiger partial charge on any atom is 0.311 e. The van der Waals surface area contributed by atoms with Crippen LogP contribution in [0.15, 0.2) is 42.5 Å². The highest BCUT2D eigenvalue weighted by molar-refractivity contribution is 7.21. The molecule has 0 N–H and O–H groups in total. The zero-order chi connectivity index (χ0) is 17.8. The second-order valence-electron chi connectivity index (χ2n) is 5.93. The zero-order valence-electron chi connectivity index (χ0n) is 14.1. The van der Waals surface area contributed by atoms with Crippen LogP contribution in [0.4, 0.5) is 5.69 Å². The van der Waals surface area contributed by atoms with Gasteiger partial charge in [0.05, 0.1) is 21.7 Å². The molecule has 3 rings (SSSR count). The Hall–Kier alpha value is -2.51. The highest BCUT2D eigenvalue weighted by Crippen LogP contribution is 2.35. The molecule has 3 aromatic rings. The van der Waals surface area contributed by atoms with Crippen molar-refractivity contribution in [3.05, 3.63) is 52.6 Å². The Morgan fingerprint density at radius 2 is 2.04 bits per heavy atom. The number of hydrogen-bond donors (Lipinski definition) is 0. The number of nitro groups is 1. The number of nitrogens with zero attached hydrogens (tertiary/aromatic N) is 3. The summed E-state index contributed by atoms with van der Waals surface area (Å²) in [6.07, 6.45) is 0.809. The fourth-order valence-corrected chi connectivity index (χ4v) is 3.44. The second-order valence-corrected chi connectivity index (χ2v) is 6.96. The molecule has 0 amide bonds. The molecule has 0 fully saturated rings. The molecule has 0 aliphatic rings. The van der Waals surface area contributed by atoms with Crippen LogP contribution in [0.2, 0.25) is 0 Å². The van der Waals surface area contributed by atoms with Crippen LogP contribution in [0.25, 0.3) is 20.8 Å². The van der Waals surface area contributed by atoms with E-state index in [4.69, 9.17) is 4.74 Å². The van der Waals surface area contributed by atoms with E-state index in [-0.39, 0.29) is 5.69 Å². The van der Waals surface area contributed by atoms with Gasteiger partial charge in [-0.2, -0.15) is 0 Å². The quantitative estimate of drug-likeness (QED) is 0.360. The monoisotopic (exact) mass is 357 g/mol. The summed E-state index contributed by atoms with van der Waals surface area (Å²) in [5.41, 5.74) is 1.60. The number of para-hydroxylation sites is 1. The molecule has 0 saturated heterocycles. The normalized spacial score (nSPS) is 11.2. The molecule has 0 aliphatic heterocycles. The summed E-state index contributed by atoms with van der Waals surface area (Å²) < 4.78 is 6.67. The summed E-state index contributed by atoms with van der Waals surface area (Å²) in [6.45, 7) is 1.32. The van der Waals surface area contributed by atoms with E-state index in [9.17, 15) is 10.1 Å². The lowest BCUT2D eigenvalue weighted by Gasteiger charge is -2.10. The van der Waals surface area contributed by atoms with Crippen molar-refractivity contribution >= 4 is 27.2 Å². The highest BCUT2D eigenvalue weighted by Gasteiger charge is 2.18. The van der Waals surface area contributed by atoms with Crippen LogP contribution in [-0.4, -0.2) is 42.1 Å². The lowest BCUT2D eigenvalue weighted by atomic mass is 10.2. The lowest BCUT2D eigenvalue weighted by molar-refractivity contribution is -0.385. The Balaban J connectivity index is 1.84. The number of hydrogen-bond acceptors (Lipinski definition) is 6. The third-order valence-corrected chi connectivity index (χ3v) is 4.79. The average molecular weight is 357 g/mol. The van der Waals surface area contributed by atoms with E-state index in [1.165, 1.54) is 11.3 Å². The predicted molar refractivity (Wildman–Crippen MR) is 100 cm³/mol. The molecule has 0 radical (unpaired) electrons. The number of fused-ring (bicyclic) bond motifs is 1. The number of aromatic nitrogens is 1. The van der Waals surface area contributed by atoms with Crippen molar-refractivity contribution in [3.8, 4) is 16.3 Å². The molecule has 0 bridgehead atoms. The van der Waals surface area contributed by atoms with Crippen LogP contribution in [0, 0.1) is 10.1 Å². The van der Waals surface area contributed by atoms with Gasteiger partial charge in [-0.1, -0.05) is 12.1 Å². The number of thiazole rings is 1. The Morgan fingerprint density at radius 3 is 2.76 bits per heavy atom. The van der Waals surface area contributed by atoms with Gasteiger partial charge in [0.2, 0.25) is 0 Å². The highest BCUT2D eigenvalue weighted by atomic mass is 32.1. The molecule has 2 aromatic carbocycles. The van der Waals surface area contributed by atoms with Crippen molar-refractivity contribution in [1.82, 2.24) is 9.88 Å². The van der Waals surface area contributed by atoms with Crippen LogP contribution < -0.4 is 4.74 Å². The van der Waals surface area contributed by atoms with Crippen molar-refractivity contribution in [2.24, 2.45) is 0 Å². The topological polar surface area (TPSA) is 68.5 Å². The van der Waals surface area contributed by atoms with E-state index >= 15 is 0 Å². The minimum atomic E-state index is -0.405. The van der Waals surface area contributed by atoms with Crippen LogP contribution in [0.5, 0.6) is 5.75 Å². The van der Waals surface area contributed by atoms with Gasteiger partial charge in [-0.3, -0.25) is 10.1 Å².